The van der Waals surface area contributed by atoms with Crippen molar-refractivity contribution in [3.05, 3.63) is 0 Å². The van der Waals surface area contributed by atoms with Crippen molar-refractivity contribution in [1.29, 1.82) is 5.26 Å². The number of nitriles is 1. The summed E-state index contributed by atoms with van der Waals surface area (Å²) in [5.74, 6) is 0.0346. The molecule has 5 heteroatoms. The average Bonchev–Trinajstić information content (AvgIpc) is 2.91. The van der Waals surface area contributed by atoms with Crippen LogP contribution in [0.4, 0.5) is 0 Å². The molecule has 0 radical (unpaired) electrons. The van der Waals surface area contributed by atoms with E-state index < -0.39 is 5.54 Å². The molecule has 114 valence electrons. The van der Waals surface area contributed by atoms with Crippen LogP contribution in [0.3, 0.4) is 0 Å². The fraction of sp³-hybridized carbons (Fsp3) is 0.867. The molecule has 20 heavy (non-hydrogen) atoms. The number of hydrogen-bond acceptors (Lipinski definition) is 4. The lowest BCUT2D eigenvalue weighted by atomic mass is 9.90. The second kappa shape index (κ2) is 7.61. The summed E-state index contributed by atoms with van der Waals surface area (Å²) in [5, 5.41) is 15.5. The maximum atomic E-state index is 12.2. The Labute approximate surface area is 122 Å². The first-order valence-electron chi connectivity index (χ1n) is 7.60. The lowest BCUT2D eigenvalue weighted by molar-refractivity contribution is -0.124. The highest BCUT2D eigenvalue weighted by atomic mass is 16.2. The molecular formula is C15H28N4O. The normalized spacial score (nSPS) is 21.8. The zero-order chi connectivity index (χ0) is 15.2. The van der Waals surface area contributed by atoms with Gasteiger partial charge in [-0.2, -0.15) is 5.26 Å². The molecule has 1 amide bonds. The number of nitrogens with zero attached hydrogens (tertiary/aromatic N) is 2. The third-order valence-corrected chi connectivity index (χ3v) is 4.19. The van der Waals surface area contributed by atoms with Gasteiger partial charge in [0.1, 0.15) is 5.54 Å². The quantitative estimate of drug-likeness (QED) is 0.733. The summed E-state index contributed by atoms with van der Waals surface area (Å²) in [5.41, 5.74) is -0.789. The van der Waals surface area contributed by atoms with E-state index in [2.05, 4.69) is 28.5 Å². The van der Waals surface area contributed by atoms with Gasteiger partial charge in [-0.1, -0.05) is 20.8 Å². The summed E-state index contributed by atoms with van der Waals surface area (Å²) in [4.78, 5) is 14.5. The zero-order valence-electron chi connectivity index (χ0n) is 13.2. The van der Waals surface area contributed by atoms with E-state index in [0.29, 0.717) is 12.6 Å². The Morgan fingerprint density at radius 2 is 2.30 bits per heavy atom. The molecule has 0 aliphatic carbocycles. The van der Waals surface area contributed by atoms with E-state index in [0.717, 1.165) is 32.5 Å². The van der Waals surface area contributed by atoms with E-state index in [9.17, 15) is 10.1 Å². The molecule has 0 spiro atoms. The van der Waals surface area contributed by atoms with Gasteiger partial charge in [-0.15, -0.1) is 0 Å². The molecule has 0 saturated carbocycles. The number of hydrogen-bond donors (Lipinski definition) is 2. The Kier molecular flexibility index (Phi) is 6.44. The number of carbonyl (C=O) groups excluding carboxylic acids is 1. The molecule has 2 unspecified atom stereocenters. The van der Waals surface area contributed by atoms with Crippen molar-refractivity contribution in [2.24, 2.45) is 5.92 Å². The van der Waals surface area contributed by atoms with Gasteiger partial charge in [0.25, 0.3) is 0 Å². The van der Waals surface area contributed by atoms with Crippen LogP contribution in [-0.4, -0.2) is 48.6 Å². The summed E-state index contributed by atoms with van der Waals surface area (Å²) in [6.07, 6.45) is 2.12. The Balaban J connectivity index is 2.60. The lowest BCUT2D eigenvalue weighted by Gasteiger charge is -2.31. The zero-order valence-corrected chi connectivity index (χ0v) is 13.2. The van der Waals surface area contributed by atoms with Crippen LogP contribution >= 0.6 is 0 Å². The first-order valence-corrected chi connectivity index (χ1v) is 7.60. The third-order valence-electron chi connectivity index (χ3n) is 4.19. The van der Waals surface area contributed by atoms with Crippen LogP contribution in [0, 0.1) is 17.2 Å². The predicted octanol–water partition coefficient (Wildman–Crippen LogP) is 1.11. The van der Waals surface area contributed by atoms with Gasteiger partial charge in [0, 0.05) is 12.6 Å². The Hall–Kier alpha value is -1.12. The van der Waals surface area contributed by atoms with E-state index in [4.69, 9.17) is 0 Å². The second-order valence-corrected chi connectivity index (χ2v) is 6.13. The highest BCUT2D eigenvalue weighted by molar-refractivity contribution is 5.79. The molecular weight excluding hydrogens is 252 g/mol. The van der Waals surface area contributed by atoms with Gasteiger partial charge in [-0.25, -0.2) is 0 Å². The van der Waals surface area contributed by atoms with Crippen LogP contribution < -0.4 is 10.6 Å². The third kappa shape index (κ3) is 4.46. The summed E-state index contributed by atoms with van der Waals surface area (Å²) < 4.78 is 0. The van der Waals surface area contributed by atoms with Crippen molar-refractivity contribution in [2.75, 3.05) is 26.2 Å². The molecule has 1 aliphatic rings. The van der Waals surface area contributed by atoms with Crippen LogP contribution in [0.25, 0.3) is 0 Å². The topological polar surface area (TPSA) is 68.2 Å². The van der Waals surface area contributed by atoms with E-state index in [1.807, 2.05) is 13.8 Å². The van der Waals surface area contributed by atoms with Crippen molar-refractivity contribution >= 4 is 5.91 Å². The van der Waals surface area contributed by atoms with Crippen LogP contribution in [-0.2, 0) is 4.79 Å². The second-order valence-electron chi connectivity index (χ2n) is 6.13. The molecule has 0 bridgehead atoms. The average molecular weight is 280 g/mol. The predicted molar refractivity (Wildman–Crippen MR) is 80.1 cm³/mol. The fourth-order valence-corrected chi connectivity index (χ4v) is 2.44. The molecule has 1 rings (SSSR count). The van der Waals surface area contributed by atoms with Gasteiger partial charge < -0.3 is 10.6 Å². The molecule has 1 fully saturated rings. The van der Waals surface area contributed by atoms with Gasteiger partial charge >= 0.3 is 0 Å². The number of nitrogens with one attached hydrogen (secondary N) is 2. The standard InChI is InChI=1S/C15H28N4O/c1-5-8-19(13-6-7-17-9-13)10-14(20)18-15(4,11-16)12(2)3/h12-13,17H,5-10H2,1-4H3,(H,18,20). The van der Waals surface area contributed by atoms with Crippen molar-refractivity contribution in [1.82, 2.24) is 15.5 Å². The molecule has 1 aliphatic heterocycles. The minimum atomic E-state index is -0.789. The van der Waals surface area contributed by atoms with Crippen molar-refractivity contribution in [2.45, 2.75) is 52.1 Å². The molecule has 0 aromatic heterocycles. The number of carbonyl (C=O) groups is 1. The van der Waals surface area contributed by atoms with E-state index in [-0.39, 0.29) is 11.8 Å². The maximum Gasteiger partial charge on any atom is 0.235 e. The first-order chi connectivity index (χ1) is 9.42. The van der Waals surface area contributed by atoms with Gasteiger partial charge in [0.2, 0.25) is 5.91 Å². The minimum absolute atomic E-state index is 0.0527. The molecule has 1 saturated heterocycles. The minimum Gasteiger partial charge on any atom is -0.337 e. The van der Waals surface area contributed by atoms with Crippen LogP contribution in [0.5, 0.6) is 0 Å². The molecule has 5 nitrogen and oxygen atoms in total. The monoisotopic (exact) mass is 280 g/mol. The van der Waals surface area contributed by atoms with E-state index >= 15 is 0 Å². The highest BCUT2D eigenvalue weighted by Crippen LogP contribution is 2.15. The first kappa shape index (κ1) is 16.9. The fourth-order valence-electron chi connectivity index (χ4n) is 2.44. The van der Waals surface area contributed by atoms with Crippen molar-refractivity contribution in [3.63, 3.8) is 0 Å². The highest BCUT2D eigenvalue weighted by Gasteiger charge is 2.31. The molecule has 2 atom stereocenters. The summed E-state index contributed by atoms with van der Waals surface area (Å²) in [6, 6.07) is 2.66. The van der Waals surface area contributed by atoms with Gasteiger partial charge in [0.05, 0.1) is 12.6 Å². The Morgan fingerprint density at radius 1 is 1.60 bits per heavy atom. The van der Waals surface area contributed by atoms with Crippen LogP contribution in [0.2, 0.25) is 0 Å². The number of amides is 1. The van der Waals surface area contributed by atoms with Gasteiger partial charge in [0.15, 0.2) is 0 Å². The van der Waals surface area contributed by atoms with Gasteiger partial charge in [-0.05, 0) is 38.8 Å². The smallest absolute Gasteiger partial charge is 0.235 e. The lowest BCUT2D eigenvalue weighted by Crippen LogP contribution is -2.53. The molecule has 1 heterocycles. The molecule has 2 N–H and O–H groups in total. The van der Waals surface area contributed by atoms with E-state index in [1.165, 1.54) is 0 Å². The largest absolute Gasteiger partial charge is 0.337 e. The van der Waals surface area contributed by atoms with Crippen LogP contribution in [0.1, 0.15) is 40.5 Å². The van der Waals surface area contributed by atoms with Crippen molar-refractivity contribution < 1.29 is 4.79 Å². The molecule has 0 aromatic rings. The van der Waals surface area contributed by atoms with Gasteiger partial charge in [-0.3, -0.25) is 9.69 Å². The Morgan fingerprint density at radius 3 is 2.75 bits per heavy atom. The maximum absolute atomic E-state index is 12.2. The molecule has 0 aromatic carbocycles. The van der Waals surface area contributed by atoms with Crippen molar-refractivity contribution in [3.8, 4) is 6.07 Å². The summed E-state index contributed by atoms with van der Waals surface area (Å²) >= 11 is 0. The summed E-state index contributed by atoms with van der Waals surface area (Å²) in [7, 11) is 0. The SMILES string of the molecule is CCCN(CC(=O)NC(C)(C#N)C(C)C)C1CCNC1. The van der Waals surface area contributed by atoms with Crippen LogP contribution in [0.15, 0.2) is 0 Å². The number of rotatable bonds is 7. The summed E-state index contributed by atoms with van der Waals surface area (Å²) in [6.45, 7) is 11.1. The Bertz CT molecular complexity index is 357. The van der Waals surface area contributed by atoms with E-state index in [1.54, 1.807) is 6.92 Å².